The van der Waals surface area contributed by atoms with Crippen LogP contribution in [-0.4, -0.2) is 26.4 Å². The average Bonchev–Trinajstić information content (AvgIpc) is 2.98. The first-order valence-electron chi connectivity index (χ1n) is 8.73. The zero-order valence-corrected chi connectivity index (χ0v) is 14.2. The van der Waals surface area contributed by atoms with Crippen LogP contribution in [0, 0.1) is 5.82 Å². The maximum absolute atomic E-state index is 13.5. The molecule has 1 aliphatic rings. The highest BCUT2D eigenvalue weighted by Crippen LogP contribution is 2.23. The molecule has 0 unspecified atom stereocenters. The van der Waals surface area contributed by atoms with E-state index < -0.39 is 0 Å². The Morgan fingerprint density at radius 2 is 2.24 bits per heavy atom. The average molecular weight is 340 g/mol. The minimum absolute atomic E-state index is 0.0249. The second-order valence-electron chi connectivity index (χ2n) is 6.65. The Kier molecular flexibility index (Phi) is 4.13. The van der Waals surface area contributed by atoms with Gasteiger partial charge >= 0.3 is 0 Å². The zero-order valence-electron chi connectivity index (χ0n) is 14.2. The highest BCUT2D eigenvalue weighted by molar-refractivity contribution is 5.83. The normalized spacial score (nSPS) is 14.8. The van der Waals surface area contributed by atoms with Gasteiger partial charge < -0.3 is 9.97 Å². The molecular weight excluding hydrogens is 319 g/mol. The molecule has 5 nitrogen and oxygen atoms in total. The van der Waals surface area contributed by atoms with Gasteiger partial charge in [-0.2, -0.15) is 0 Å². The summed E-state index contributed by atoms with van der Waals surface area (Å²) < 4.78 is 13.5. The number of nitrogens with one attached hydrogen (secondary N) is 2. The summed E-state index contributed by atoms with van der Waals surface area (Å²) in [4.78, 5) is 25.3. The first-order chi connectivity index (χ1) is 12.1. The first kappa shape index (κ1) is 16.0. The molecule has 3 heterocycles. The number of aryl methyl sites for hydroxylation is 1. The lowest BCUT2D eigenvalue weighted by atomic mass is 10.1. The van der Waals surface area contributed by atoms with Gasteiger partial charge in [0.25, 0.3) is 5.56 Å². The summed E-state index contributed by atoms with van der Waals surface area (Å²) in [5, 5.41) is 0.899. The van der Waals surface area contributed by atoms with Gasteiger partial charge in [-0.1, -0.05) is 6.92 Å². The molecule has 0 fully saturated rings. The molecule has 0 saturated heterocycles. The molecule has 0 radical (unpaired) electrons. The summed E-state index contributed by atoms with van der Waals surface area (Å²) >= 11 is 0. The molecule has 0 atom stereocenters. The number of nitrogens with zero attached hydrogens (tertiary/aromatic N) is 2. The van der Waals surface area contributed by atoms with Crippen molar-refractivity contribution in [1.82, 2.24) is 19.9 Å². The van der Waals surface area contributed by atoms with Crippen LogP contribution in [0.25, 0.3) is 10.9 Å². The Hall–Kier alpha value is -2.47. The van der Waals surface area contributed by atoms with E-state index in [9.17, 15) is 9.18 Å². The smallest absolute Gasteiger partial charge is 0.255 e. The van der Waals surface area contributed by atoms with Crippen molar-refractivity contribution in [3.63, 3.8) is 0 Å². The van der Waals surface area contributed by atoms with E-state index in [1.807, 2.05) is 6.20 Å². The fraction of sp³-hybridized carbons (Fsp3) is 0.368. The van der Waals surface area contributed by atoms with Crippen LogP contribution in [0.2, 0.25) is 0 Å². The third kappa shape index (κ3) is 3.09. The number of fused-ring (bicyclic) bond motifs is 2. The second kappa shape index (κ2) is 6.44. The van der Waals surface area contributed by atoms with Gasteiger partial charge in [0, 0.05) is 49.6 Å². The van der Waals surface area contributed by atoms with Crippen LogP contribution >= 0.6 is 0 Å². The maximum Gasteiger partial charge on any atom is 0.255 e. The zero-order chi connectivity index (χ0) is 17.4. The van der Waals surface area contributed by atoms with E-state index in [0.29, 0.717) is 13.1 Å². The molecule has 2 N–H and O–H groups in total. The minimum atomic E-state index is -0.235. The topological polar surface area (TPSA) is 64.8 Å². The van der Waals surface area contributed by atoms with Gasteiger partial charge in [-0.05, 0) is 30.2 Å². The molecule has 2 aromatic heterocycles. The van der Waals surface area contributed by atoms with Crippen LogP contribution in [0.3, 0.4) is 0 Å². The molecule has 0 aliphatic carbocycles. The number of aromatic nitrogens is 3. The van der Waals surface area contributed by atoms with Crippen molar-refractivity contribution in [1.29, 1.82) is 0 Å². The number of H-pyrrole nitrogens is 2. The van der Waals surface area contributed by atoms with E-state index in [4.69, 9.17) is 0 Å². The molecule has 0 spiro atoms. The van der Waals surface area contributed by atoms with Crippen LogP contribution < -0.4 is 5.56 Å². The summed E-state index contributed by atoms with van der Waals surface area (Å²) in [5.74, 6) is 0.549. The standard InChI is InChI=1S/C19H21FN4O/c1-2-3-18-22-17-6-7-24(11-15(17)19(25)23-18)10-12-9-21-16-5-4-13(20)8-14(12)16/h4-5,8-9,21H,2-3,6-7,10-11H2,1H3,(H,22,23,25). The molecule has 130 valence electrons. The molecule has 0 bridgehead atoms. The number of hydrogen-bond acceptors (Lipinski definition) is 3. The maximum atomic E-state index is 13.5. The lowest BCUT2D eigenvalue weighted by Crippen LogP contribution is -2.35. The SMILES string of the molecule is CCCc1nc2c(c(=O)[nH]1)CN(Cc1c[nH]c3ccc(F)cc13)CC2. The summed E-state index contributed by atoms with van der Waals surface area (Å²) in [6.45, 7) is 4.17. The fourth-order valence-corrected chi connectivity index (χ4v) is 3.54. The molecule has 4 rings (SSSR count). The van der Waals surface area contributed by atoms with E-state index >= 15 is 0 Å². The van der Waals surface area contributed by atoms with Gasteiger partial charge in [-0.15, -0.1) is 0 Å². The molecule has 0 saturated carbocycles. The van der Waals surface area contributed by atoms with Crippen molar-refractivity contribution in [2.45, 2.75) is 39.3 Å². The van der Waals surface area contributed by atoms with Gasteiger partial charge in [0.2, 0.25) is 0 Å². The molecule has 6 heteroatoms. The predicted molar refractivity (Wildman–Crippen MR) is 94.9 cm³/mol. The Morgan fingerprint density at radius 1 is 1.36 bits per heavy atom. The third-order valence-corrected chi connectivity index (χ3v) is 4.81. The predicted octanol–water partition coefficient (Wildman–Crippen LogP) is 2.90. The molecule has 25 heavy (non-hydrogen) atoms. The van der Waals surface area contributed by atoms with Crippen molar-refractivity contribution in [2.24, 2.45) is 0 Å². The second-order valence-corrected chi connectivity index (χ2v) is 6.65. The Balaban J connectivity index is 1.58. The van der Waals surface area contributed by atoms with Crippen molar-refractivity contribution < 1.29 is 4.39 Å². The molecule has 3 aromatic rings. The molecular formula is C19H21FN4O. The number of benzene rings is 1. The lowest BCUT2D eigenvalue weighted by Gasteiger charge is -2.27. The number of halogens is 1. The number of hydrogen-bond donors (Lipinski definition) is 2. The van der Waals surface area contributed by atoms with E-state index in [0.717, 1.165) is 59.4 Å². The van der Waals surface area contributed by atoms with E-state index in [1.54, 1.807) is 12.1 Å². The third-order valence-electron chi connectivity index (χ3n) is 4.81. The van der Waals surface area contributed by atoms with E-state index in [1.165, 1.54) is 6.07 Å². The van der Waals surface area contributed by atoms with Gasteiger partial charge in [0.1, 0.15) is 11.6 Å². The number of aromatic amines is 2. The summed E-state index contributed by atoms with van der Waals surface area (Å²) in [6.07, 6.45) is 4.46. The minimum Gasteiger partial charge on any atom is -0.361 e. The van der Waals surface area contributed by atoms with Gasteiger partial charge in [-0.25, -0.2) is 9.37 Å². The largest absolute Gasteiger partial charge is 0.361 e. The van der Waals surface area contributed by atoms with E-state index in [2.05, 4.69) is 26.8 Å². The van der Waals surface area contributed by atoms with Crippen molar-refractivity contribution >= 4 is 10.9 Å². The monoisotopic (exact) mass is 340 g/mol. The summed E-state index contributed by atoms with van der Waals surface area (Å²) in [7, 11) is 0. The highest BCUT2D eigenvalue weighted by Gasteiger charge is 2.22. The van der Waals surface area contributed by atoms with Crippen LogP contribution in [0.15, 0.2) is 29.2 Å². The Labute approximate surface area is 144 Å². The summed E-state index contributed by atoms with van der Waals surface area (Å²) in [5.41, 5.74) is 3.64. The molecule has 1 aromatic carbocycles. The van der Waals surface area contributed by atoms with E-state index in [-0.39, 0.29) is 11.4 Å². The van der Waals surface area contributed by atoms with Crippen molar-refractivity contribution in [2.75, 3.05) is 6.54 Å². The van der Waals surface area contributed by atoms with Gasteiger partial charge in [-0.3, -0.25) is 9.69 Å². The highest BCUT2D eigenvalue weighted by atomic mass is 19.1. The lowest BCUT2D eigenvalue weighted by molar-refractivity contribution is 0.242. The quantitative estimate of drug-likeness (QED) is 0.767. The van der Waals surface area contributed by atoms with Crippen LogP contribution in [0.4, 0.5) is 4.39 Å². The Morgan fingerprint density at radius 3 is 3.08 bits per heavy atom. The number of rotatable bonds is 4. The van der Waals surface area contributed by atoms with Crippen LogP contribution in [0.5, 0.6) is 0 Å². The first-order valence-corrected chi connectivity index (χ1v) is 8.73. The Bertz CT molecular complexity index is 975. The van der Waals surface area contributed by atoms with Gasteiger partial charge in [0.05, 0.1) is 11.3 Å². The molecule has 0 amide bonds. The van der Waals surface area contributed by atoms with Crippen molar-refractivity contribution in [3.05, 3.63) is 63.2 Å². The van der Waals surface area contributed by atoms with Crippen LogP contribution in [0.1, 0.15) is 36.0 Å². The van der Waals surface area contributed by atoms with Crippen LogP contribution in [-0.2, 0) is 25.9 Å². The van der Waals surface area contributed by atoms with Crippen molar-refractivity contribution in [3.8, 4) is 0 Å². The fourth-order valence-electron chi connectivity index (χ4n) is 3.54. The molecule has 1 aliphatic heterocycles. The van der Waals surface area contributed by atoms with Gasteiger partial charge in [0.15, 0.2) is 0 Å². The summed E-state index contributed by atoms with van der Waals surface area (Å²) in [6, 6.07) is 4.77.